The third kappa shape index (κ3) is 3.71. The molecule has 0 saturated carbocycles. The van der Waals surface area contributed by atoms with Crippen LogP contribution in [-0.2, 0) is 6.54 Å². The third-order valence-electron chi connectivity index (χ3n) is 4.17. The zero-order chi connectivity index (χ0) is 19.2. The van der Waals surface area contributed by atoms with Crippen molar-refractivity contribution in [3.8, 4) is 28.7 Å². The molecule has 0 saturated heterocycles. The van der Waals surface area contributed by atoms with Crippen LogP contribution in [0.4, 0.5) is 0 Å². The lowest BCUT2D eigenvalue weighted by Gasteiger charge is -2.00. The summed E-state index contributed by atoms with van der Waals surface area (Å²) in [6, 6.07) is 21.8. The summed E-state index contributed by atoms with van der Waals surface area (Å²) in [5.74, 6) is 0.662. The maximum atomic E-state index is 8.85. The van der Waals surface area contributed by atoms with Gasteiger partial charge < -0.3 is 0 Å². The molecule has 7 heteroatoms. The zero-order valence-corrected chi connectivity index (χ0v) is 15.1. The molecule has 0 N–H and O–H groups in total. The van der Waals surface area contributed by atoms with E-state index in [1.165, 1.54) is 0 Å². The molecule has 0 radical (unpaired) electrons. The first-order valence-electron chi connectivity index (χ1n) is 8.85. The summed E-state index contributed by atoms with van der Waals surface area (Å²) in [7, 11) is 0. The Morgan fingerprint density at radius 2 is 1.71 bits per heavy atom. The number of benzene rings is 2. The summed E-state index contributed by atoms with van der Waals surface area (Å²) >= 11 is 0. The minimum Gasteiger partial charge on any atom is -0.270 e. The molecule has 28 heavy (non-hydrogen) atoms. The van der Waals surface area contributed by atoms with Gasteiger partial charge in [0.15, 0.2) is 5.82 Å². The standard InChI is InChI=1S/C21H17N7/c22-12-7-13-27-15-19(20(26-27)17-8-3-1-4-9-17)14-24-28-16-23-25-21(28)18-10-5-2-6-11-18/h1-6,8-11,14-16H,7,13H2/b24-14-. The molecule has 0 bridgehead atoms. The number of hydrogen-bond donors (Lipinski definition) is 0. The topological polar surface area (TPSA) is 84.7 Å². The van der Waals surface area contributed by atoms with E-state index in [2.05, 4.69) is 26.5 Å². The van der Waals surface area contributed by atoms with Crippen molar-refractivity contribution < 1.29 is 0 Å². The lowest BCUT2D eigenvalue weighted by molar-refractivity contribution is 0.629. The van der Waals surface area contributed by atoms with Gasteiger partial charge in [-0.15, -0.1) is 10.2 Å². The van der Waals surface area contributed by atoms with Crippen LogP contribution in [0.25, 0.3) is 22.6 Å². The first kappa shape index (κ1) is 17.4. The van der Waals surface area contributed by atoms with Crippen LogP contribution in [0.2, 0.25) is 0 Å². The molecule has 2 aromatic heterocycles. The summed E-state index contributed by atoms with van der Waals surface area (Å²) in [5.41, 5.74) is 3.60. The molecule has 0 fully saturated rings. The van der Waals surface area contributed by atoms with E-state index >= 15 is 0 Å². The SMILES string of the molecule is N#CCCn1cc(/C=N\n2cnnc2-c2ccccc2)c(-c2ccccc2)n1. The quantitative estimate of drug-likeness (QED) is 0.487. The highest BCUT2D eigenvalue weighted by Crippen LogP contribution is 2.21. The molecule has 0 aliphatic heterocycles. The van der Waals surface area contributed by atoms with E-state index in [4.69, 9.17) is 5.26 Å². The summed E-state index contributed by atoms with van der Waals surface area (Å²) in [6.07, 6.45) is 5.61. The van der Waals surface area contributed by atoms with Gasteiger partial charge in [-0.25, -0.2) is 0 Å². The molecular weight excluding hydrogens is 350 g/mol. The van der Waals surface area contributed by atoms with Crippen molar-refractivity contribution in [3.63, 3.8) is 0 Å². The Balaban J connectivity index is 1.69. The van der Waals surface area contributed by atoms with Gasteiger partial charge >= 0.3 is 0 Å². The van der Waals surface area contributed by atoms with Crippen molar-refractivity contribution in [3.05, 3.63) is 78.8 Å². The van der Waals surface area contributed by atoms with Crippen LogP contribution in [0.1, 0.15) is 12.0 Å². The van der Waals surface area contributed by atoms with E-state index in [1.54, 1.807) is 21.9 Å². The average Bonchev–Trinajstić information content (AvgIpc) is 3.39. The number of rotatable bonds is 6. The van der Waals surface area contributed by atoms with E-state index in [-0.39, 0.29) is 0 Å². The van der Waals surface area contributed by atoms with Gasteiger partial charge in [-0.1, -0.05) is 60.7 Å². The first-order valence-corrected chi connectivity index (χ1v) is 8.85. The minimum atomic E-state index is 0.399. The summed E-state index contributed by atoms with van der Waals surface area (Å²) < 4.78 is 3.41. The van der Waals surface area contributed by atoms with Gasteiger partial charge in [-0.3, -0.25) is 4.68 Å². The highest BCUT2D eigenvalue weighted by molar-refractivity contribution is 5.88. The molecule has 2 heterocycles. The first-order chi connectivity index (χ1) is 13.8. The van der Waals surface area contributed by atoms with Crippen LogP contribution >= 0.6 is 0 Å². The molecule has 4 aromatic rings. The fourth-order valence-electron chi connectivity index (χ4n) is 2.85. The maximum Gasteiger partial charge on any atom is 0.184 e. The Morgan fingerprint density at radius 3 is 2.43 bits per heavy atom. The van der Waals surface area contributed by atoms with E-state index in [0.29, 0.717) is 18.8 Å². The van der Waals surface area contributed by atoms with Crippen molar-refractivity contribution in [2.45, 2.75) is 13.0 Å². The predicted molar refractivity (Wildman–Crippen MR) is 106 cm³/mol. The van der Waals surface area contributed by atoms with Crippen molar-refractivity contribution in [1.29, 1.82) is 5.26 Å². The largest absolute Gasteiger partial charge is 0.270 e. The van der Waals surface area contributed by atoms with Crippen LogP contribution in [0, 0.1) is 11.3 Å². The smallest absolute Gasteiger partial charge is 0.184 e. The second-order valence-electron chi connectivity index (χ2n) is 6.08. The van der Waals surface area contributed by atoms with Gasteiger partial charge in [0, 0.05) is 22.9 Å². The number of nitriles is 1. The Kier molecular flexibility index (Phi) is 5.02. The number of aryl methyl sites for hydroxylation is 1. The molecule has 0 unspecified atom stereocenters. The third-order valence-corrected chi connectivity index (χ3v) is 4.17. The Morgan fingerprint density at radius 1 is 1.00 bits per heavy atom. The minimum absolute atomic E-state index is 0.399. The normalized spacial score (nSPS) is 11.0. The molecule has 0 atom stereocenters. The molecule has 2 aromatic carbocycles. The van der Waals surface area contributed by atoms with Gasteiger partial charge in [-0.05, 0) is 0 Å². The highest BCUT2D eigenvalue weighted by atomic mass is 15.4. The molecular formula is C21H17N7. The monoisotopic (exact) mass is 367 g/mol. The summed E-state index contributed by atoms with van der Waals surface area (Å²) in [5, 5.41) is 26.2. The number of nitrogens with zero attached hydrogens (tertiary/aromatic N) is 7. The molecule has 4 rings (SSSR count). The second kappa shape index (κ2) is 8.10. The molecule has 7 nitrogen and oxygen atoms in total. The van der Waals surface area contributed by atoms with Gasteiger partial charge in [0.05, 0.1) is 25.2 Å². The van der Waals surface area contributed by atoms with E-state index in [1.807, 2.05) is 66.9 Å². The maximum absolute atomic E-state index is 8.85. The van der Waals surface area contributed by atoms with Gasteiger partial charge in [0.2, 0.25) is 0 Å². The van der Waals surface area contributed by atoms with Crippen LogP contribution in [0.3, 0.4) is 0 Å². The Hall–Kier alpha value is -4.05. The van der Waals surface area contributed by atoms with Crippen LogP contribution in [0.15, 0.2) is 78.3 Å². The highest BCUT2D eigenvalue weighted by Gasteiger charge is 2.11. The Labute approximate surface area is 162 Å². The molecule has 0 spiro atoms. The predicted octanol–water partition coefficient (Wildman–Crippen LogP) is 3.60. The molecule has 0 aliphatic rings. The Bertz CT molecular complexity index is 1120. The van der Waals surface area contributed by atoms with E-state index < -0.39 is 0 Å². The second-order valence-corrected chi connectivity index (χ2v) is 6.08. The fourth-order valence-corrected chi connectivity index (χ4v) is 2.85. The van der Waals surface area contributed by atoms with Gasteiger partial charge in [0.1, 0.15) is 12.0 Å². The summed E-state index contributed by atoms with van der Waals surface area (Å²) in [4.78, 5) is 0. The van der Waals surface area contributed by atoms with Crippen LogP contribution < -0.4 is 0 Å². The van der Waals surface area contributed by atoms with Crippen molar-refractivity contribution in [2.75, 3.05) is 0 Å². The number of aromatic nitrogens is 5. The van der Waals surface area contributed by atoms with Gasteiger partial charge in [-0.2, -0.15) is 20.1 Å². The number of hydrogen-bond acceptors (Lipinski definition) is 5. The lowest BCUT2D eigenvalue weighted by Crippen LogP contribution is -1.97. The van der Waals surface area contributed by atoms with Crippen LogP contribution in [0.5, 0.6) is 0 Å². The molecule has 0 aliphatic carbocycles. The molecule has 136 valence electrons. The fraction of sp³-hybridized carbons (Fsp3) is 0.0952. The van der Waals surface area contributed by atoms with E-state index in [9.17, 15) is 0 Å². The van der Waals surface area contributed by atoms with Gasteiger partial charge in [0.25, 0.3) is 0 Å². The summed E-state index contributed by atoms with van der Waals surface area (Å²) in [6.45, 7) is 0.534. The van der Waals surface area contributed by atoms with Crippen molar-refractivity contribution in [2.24, 2.45) is 5.10 Å². The van der Waals surface area contributed by atoms with Crippen molar-refractivity contribution in [1.82, 2.24) is 24.7 Å². The zero-order valence-electron chi connectivity index (χ0n) is 15.1. The van der Waals surface area contributed by atoms with Crippen LogP contribution in [-0.4, -0.2) is 30.9 Å². The van der Waals surface area contributed by atoms with Crippen molar-refractivity contribution >= 4 is 6.21 Å². The molecule has 0 amide bonds. The van der Waals surface area contributed by atoms with E-state index in [0.717, 1.165) is 22.4 Å². The average molecular weight is 367 g/mol. The lowest BCUT2D eigenvalue weighted by atomic mass is 10.1.